The number of hydrogen-bond acceptors (Lipinski definition) is 7. The van der Waals surface area contributed by atoms with Crippen LogP contribution in [0.5, 0.6) is 0 Å². The lowest BCUT2D eigenvalue weighted by Crippen LogP contribution is -2.08. The number of allylic oxidation sites excluding steroid dienone is 6. The molecular formula is C17H16N2O4S. The highest BCUT2D eigenvalue weighted by Crippen LogP contribution is 2.29. The SMILES string of the molecule is CCOC(=O)c1sc(C2=CC=C(C#N)C=CC2)nc1COC(C)=O. The monoisotopic (exact) mass is 344 g/mol. The van der Waals surface area contributed by atoms with Crippen molar-refractivity contribution in [3.63, 3.8) is 0 Å². The average Bonchev–Trinajstić information content (AvgIpc) is 2.83. The summed E-state index contributed by atoms with van der Waals surface area (Å²) in [6, 6.07) is 2.08. The number of nitrogens with zero attached hydrogens (tertiary/aromatic N) is 2. The van der Waals surface area contributed by atoms with Crippen LogP contribution in [0.3, 0.4) is 0 Å². The number of carbonyl (C=O) groups is 2. The van der Waals surface area contributed by atoms with E-state index >= 15 is 0 Å². The zero-order chi connectivity index (χ0) is 17.5. The highest BCUT2D eigenvalue weighted by Gasteiger charge is 2.21. The van der Waals surface area contributed by atoms with Crippen molar-refractivity contribution >= 4 is 28.8 Å². The van der Waals surface area contributed by atoms with Crippen LogP contribution in [0, 0.1) is 11.3 Å². The van der Waals surface area contributed by atoms with Crippen molar-refractivity contribution in [3.05, 3.63) is 45.5 Å². The minimum Gasteiger partial charge on any atom is -0.462 e. The summed E-state index contributed by atoms with van der Waals surface area (Å²) in [6.45, 7) is 3.18. The van der Waals surface area contributed by atoms with Crippen molar-refractivity contribution in [2.24, 2.45) is 0 Å². The second-order valence-electron chi connectivity index (χ2n) is 4.83. The Labute approximate surface area is 143 Å². The number of nitriles is 1. The maximum Gasteiger partial charge on any atom is 0.350 e. The van der Waals surface area contributed by atoms with Gasteiger partial charge < -0.3 is 9.47 Å². The number of ether oxygens (including phenoxy) is 2. The Morgan fingerprint density at radius 2 is 2.17 bits per heavy atom. The summed E-state index contributed by atoms with van der Waals surface area (Å²) >= 11 is 1.19. The molecule has 0 aromatic carbocycles. The fourth-order valence-corrected chi connectivity index (χ4v) is 2.97. The largest absolute Gasteiger partial charge is 0.462 e. The molecule has 0 spiro atoms. The first kappa shape index (κ1) is 17.6. The summed E-state index contributed by atoms with van der Waals surface area (Å²) in [4.78, 5) is 27.9. The molecule has 1 aliphatic carbocycles. The normalized spacial score (nSPS) is 13.4. The molecule has 0 amide bonds. The fraction of sp³-hybridized carbons (Fsp3) is 0.294. The van der Waals surface area contributed by atoms with E-state index in [4.69, 9.17) is 14.7 Å². The molecule has 0 unspecified atom stereocenters. The first-order valence-electron chi connectivity index (χ1n) is 7.33. The van der Waals surface area contributed by atoms with E-state index in [2.05, 4.69) is 11.1 Å². The van der Waals surface area contributed by atoms with Crippen LogP contribution in [0.1, 0.15) is 40.6 Å². The maximum atomic E-state index is 12.1. The highest BCUT2D eigenvalue weighted by molar-refractivity contribution is 7.14. The molecule has 0 fully saturated rings. The summed E-state index contributed by atoms with van der Waals surface area (Å²) in [6.07, 6.45) is 7.70. The summed E-state index contributed by atoms with van der Waals surface area (Å²) < 4.78 is 10.0. The molecule has 1 aromatic heterocycles. The Hall–Kier alpha value is -2.72. The van der Waals surface area contributed by atoms with Gasteiger partial charge in [0.05, 0.1) is 18.2 Å². The van der Waals surface area contributed by atoms with Crippen LogP contribution in [0.2, 0.25) is 0 Å². The van der Waals surface area contributed by atoms with Crippen LogP contribution in [-0.4, -0.2) is 23.5 Å². The third-order valence-electron chi connectivity index (χ3n) is 3.07. The minimum absolute atomic E-state index is 0.0810. The number of esters is 2. The molecule has 0 radical (unpaired) electrons. The summed E-state index contributed by atoms with van der Waals surface area (Å²) in [5, 5.41) is 9.59. The molecule has 7 heteroatoms. The van der Waals surface area contributed by atoms with Crippen molar-refractivity contribution in [2.75, 3.05) is 6.61 Å². The Morgan fingerprint density at radius 1 is 1.38 bits per heavy atom. The van der Waals surface area contributed by atoms with E-state index < -0.39 is 11.9 Å². The van der Waals surface area contributed by atoms with Gasteiger partial charge in [-0.3, -0.25) is 4.79 Å². The van der Waals surface area contributed by atoms with Gasteiger partial charge >= 0.3 is 11.9 Å². The van der Waals surface area contributed by atoms with Crippen molar-refractivity contribution in [2.45, 2.75) is 26.9 Å². The van der Waals surface area contributed by atoms with E-state index in [-0.39, 0.29) is 13.2 Å². The average molecular weight is 344 g/mol. The summed E-state index contributed by atoms with van der Waals surface area (Å²) in [5.74, 6) is -0.931. The predicted octanol–water partition coefficient (Wildman–Crippen LogP) is 3.18. The van der Waals surface area contributed by atoms with Crippen molar-refractivity contribution in [1.82, 2.24) is 4.98 Å². The summed E-state index contributed by atoms with van der Waals surface area (Å²) in [7, 11) is 0. The van der Waals surface area contributed by atoms with Gasteiger partial charge in [0.15, 0.2) is 0 Å². The molecule has 0 N–H and O–H groups in total. The zero-order valence-corrected chi connectivity index (χ0v) is 14.2. The van der Waals surface area contributed by atoms with E-state index in [1.165, 1.54) is 18.3 Å². The second-order valence-corrected chi connectivity index (χ2v) is 5.83. The molecular weight excluding hydrogens is 328 g/mol. The van der Waals surface area contributed by atoms with Crippen LogP contribution < -0.4 is 0 Å². The van der Waals surface area contributed by atoms with Gasteiger partial charge in [0.2, 0.25) is 0 Å². The quantitative estimate of drug-likeness (QED) is 0.762. The molecule has 6 nitrogen and oxygen atoms in total. The lowest BCUT2D eigenvalue weighted by Gasteiger charge is -2.02. The van der Waals surface area contributed by atoms with Crippen LogP contribution >= 0.6 is 11.3 Å². The van der Waals surface area contributed by atoms with Crippen LogP contribution in [-0.2, 0) is 20.9 Å². The van der Waals surface area contributed by atoms with Crippen LogP contribution in [0.4, 0.5) is 0 Å². The molecule has 0 saturated heterocycles. The standard InChI is InChI=1S/C17H16N2O4S/c1-3-22-17(21)15-14(10-23-11(2)20)19-16(24-15)13-6-4-5-12(9-18)7-8-13/h4-5,7-8H,3,6,10H2,1-2H3. The first-order chi connectivity index (χ1) is 11.5. The number of carbonyl (C=O) groups excluding carboxylic acids is 2. The zero-order valence-electron chi connectivity index (χ0n) is 13.4. The second kappa shape index (κ2) is 8.22. The minimum atomic E-state index is -0.485. The molecule has 1 heterocycles. The maximum absolute atomic E-state index is 12.1. The van der Waals surface area contributed by atoms with Gasteiger partial charge in [-0.15, -0.1) is 11.3 Å². The third kappa shape index (κ3) is 4.40. The first-order valence-corrected chi connectivity index (χ1v) is 8.14. The Morgan fingerprint density at radius 3 is 2.83 bits per heavy atom. The molecule has 1 aliphatic rings. The number of thiazole rings is 1. The van der Waals surface area contributed by atoms with E-state index in [0.29, 0.717) is 27.6 Å². The smallest absolute Gasteiger partial charge is 0.350 e. The lowest BCUT2D eigenvalue weighted by molar-refractivity contribution is -0.142. The Bertz CT molecular complexity index is 781. The van der Waals surface area contributed by atoms with E-state index in [0.717, 1.165) is 5.57 Å². The third-order valence-corrected chi connectivity index (χ3v) is 4.23. The molecule has 0 aliphatic heterocycles. The van der Waals surface area contributed by atoms with Crippen molar-refractivity contribution in [3.8, 4) is 6.07 Å². The van der Waals surface area contributed by atoms with Gasteiger partial charge in [0.25, 0.3) is 0 Å². The molecule has 0 saturated carbocycles. The molecule has 124 valence electrons. The number of aromatic nitrogens is 1. The predicted molar refractivity (Wildman–Crippen MR) is 89.0 cm³/mol. The number of hydrogen-bond donors (Lipinski definition) is 0. The molecule has 1 aromatic rings. The van der Waals surface area contributed by atoms with Crippen LogP contribution in [0.15, 0.2) is 29.9 Å². The van der Waals surface area contributed by atoms with Crippen LogP contribution in [0.25, 0.3) is 5.57 Å². The number of rotatable bonds is 5. The van der Waals surface area contributed by atoms with Gasteiger partial charge in [0.1, 0.15) is 22.2 Å². The van der Waals surface area contributed by atoms with Crippen molar-refractivity contribution in [1.29, 1.82) is 5.26 Å². The molecule has 0 atom stereocenters. The van der Waals surface area contributed by atoms with E-state index in [1.807, 2.05) is 12.2 Å². The fourth-order valence-electron chi connectivity index (χ4n) is 1.97. The molecule has 24 heavy (non-hydrogen) atoms. The van der Waals surface area contributed by atoms with Gasteiger partial charge in [-0.05, 0) is 31.1 Å². The highest BCUT2D eigenvalue weighted by atomic mass is 32.1. The van der Waals surface area contributed by atoms with Crippen molar-refractivity contribution < 1.29 is 19.1 Å². The Balaban J connectivity index is 2.36. The summed E-state index contributed by atoms with van der Waals surface area (Å²) in [5.41, 5.74) is 1.80. The van der Waals surface area contributed by atoms with Gasteiger partial charge in [-0.2, -0.15) is 5.26 Å². The van der Waals surface area contributed by atoms with E-state index in [9.17, 15) is 9.59 Å². The lowest BCUT2D eigenvalue weighted by atomic mass is 10.2. The van der Waals surface area contributed by atoms with E-state index in [1.54, 1.807) is 19.1 Å². The molecule has 0 bridgehead atoms. The molecule has 2 rings (SSSR count). The van der Waals surface area contributed by atoms with Gasteiger partial charge in [-0.25, -0.2) is 9.78 Å². The topological polar surface area (TPSA) is 89.3 Å². The Kier molecular flexibility index (Phi) is 6.04. The van der Waals surface area contributed by atoms with Gasteiger partial charge in [-0.1, -0.05) is 12.2 Å². The van der Waals surface area contributed by atoms with Gasteiger partial charge in [0, 0.05) is 6.92 Å².